The number of ether oxygens (including phenoxy) is 1. The van der Waals surface area contributed by atoms with Crippen molar-refractivity contribution in [3.63, 3.8) is 0 Å². The Hall–Kier alpha value is -1.71. The van der Waals surface area contributed by atoms with Crippen LogP contribution in [0.5, 0.6) is 5.75 Å². The summed E-state index contributed by atoms with van der Waals surface area (Å²) in [5, 5.41) is 0.737. The van der Waals surface area contributed by atoms with E-state index in [4.69, 9.17) is 33.7 Å². The lowest BCUT2D eigenvalue weighted by Crippen LogP contribution is -2.05. The molecule has 0 saturated carbocycles. The Kier molecular flexibility index (Phi) is 3.98. The van der Waals surface area contributed by atoms with E-state index in [-0.39, 0.29) is 5.78 Å². The third-order valence-corrected chi connectivity index (χ3v) is 3.42. The Balaban J connectivity index is 2.41. The summed E-state index contributed by atoms with van der Waals surface area (Å²) < 4.78 is 5.04. The second-order valence-corrected chi connectivity index (χ2v) is 4.73. The van der Waals surface area contributed by atoms with Gasteiger partial charge in [-0.1, -0.05) is 23.2 Å². The van der Waals surface area contributed by atoms with E-state index in [1.165, 1.54) is 13.2 Å². The molecule has 2 aromatic rings. The van der Waals surface area contributed by atoms with Crippen LogP contribution in [0.4, 0.5) is 5.69 Å². The highest BCUT2D eigenvalue weighted by Crippen LogP contribution is 2.26. The van der Waals surface area contributed by atoms with E-state index >= 15 is 0 Å². The number of anilines is 1. The van der Waals surface area contributed by atoms with Gasteiger partial charge in [-0.15, -0.1) is 0 Å². The fraction of sp³-hybridized carbons (Fsp3) is 0.0714. The van der Waals surface area contributed by atoms with Crippen LogP contribution < -0.4 is 10.5 Å². The molecule has 0 aliphatic rings. The van der Waals surface area contributed by atoms with E-state index in [9.17, 15) is 4.79 Å². The van der Waals surface area contributed by atoms with Crippen LogP contribution in [0, 0.1) is 0 Å². The molecule has 3 nitrogen and oxygen atoms in total. The van der Waals surface area contributed by atoms with Crippen LogP contribution in [0.1, 0.15) is 15.9 Å². The summed E-state index contributed by atoms with van der Waals surface area (Å²) >= 11 is 11.7. The molecule has 0 bridgehead atoms. The number of hydrogen-bond donors (Lipinski definition) is 1. The molecule has 0 heterocycles. The molecule has 0 saturated heterocycles. The van der Waals surface area contributed by atoms with E-state index in [0.29, 0.717) is 32.6 Å². The summed E-state index contributed by atoms with van der Waals surface area (Å²) in [6.07, 6.45) is 0. The van der Waals surface area contributed by atoms with Crippen molar-refractivity contribution in [3.8, 4) is 5.75 Å². The summed E-state index contributed by atoms with van der Waals surface area (Å²) in [4.78, 5) is 12.3. The standard InChI is InChI=1S/C14H11Cl2NO2/c1-19-9-3-4-10(13(17)7-9)14(18)8-2-5-11(15)12(16)6-8/h2-7H,17H2,1H3. The van der Waals surface area contributed by atoms with Gasteiger partial charge in [0.15, 0.2) is 5.78 Å². The minimum atomic E-state index is -0.210. The average molecular weight is 296 g/mol. The number of rotatable bonds is 3. The van der Waals surface area contributed by atoms with Gasteiger partial charge in [0.05, 0.1) is 17.2 Å². The Bertz CT molecular complexity index is 641. The second-order valence-electron chi connectivity index (χ2n) is 3.91. The van der Waals surface area contributed by atoms with Crippen LogP contribution in [-0.2, 0) is 0 Å². The lowest BCUT2D eigenvalue weighted by atomic mass is 10.0. The van der Waals surface area contributed by atoms with Gasteiger partial charge in [0, 0.05) is 22.9 Å². The van der Waals surface area contributed by atoms with E-state index in [2.05, 4.69) is 0 Å². The fourth-order valence-corrected chi connectivity index (χ4v) is 1.97. The first-order valence-electron chi connectivity index (χ1n) is 5.46. The molecular formula is C14H11Cl2NO2. The SMILES string of the molecule is COc1ccc(C(=O)c2ccc(Cl)c(Cl)c2)c(N)c1. The highest BCUT2D eigenvalue weighted by atomic mass is 35.5. The van der Waals surface area contributed by atoms with E-state index in [1.807, 2.05) is 0 Å². The monoisotopic (exact) mass is 295 g/mol. The average Bonchev–Trinajstić information content (AvgIpc) is 2.41. The molecule has 0 aliphatic heterocycles. The summed E-state index contributed by atoms with van der Waals surface area (Å²) in [6, 6.07) is 9.62. The van der Waals surface area contributed by atoms with Gasteiger partial charge >= 0.3 is 0 Å². The van der Waals surface area contributed by atoms with Crippen LogP contribution in [0.25, 0.3) is 0 Å². The maximum Gasteiger partial charge on any atom is 0.195 e. The van der Waals surface area contributed by atoms with Crippen LogP contribution in [-0.4, -0.2) is 12.9 Å². The van der Waals surface area contributed by atoms with Crippen molar-refractivity contribution in [1.29, 1.82) is 0 Å². The Morgan fingerprint density at radius 1 is 1.11 bits per heavy atom. The minimum absolute atomic E-state index is 0.210. The molecule has 0 spiro atoms. The summed E-state index contributed by atoms with van der Waals surface area (Å²) in [7, 11) is 1.54. The number of methoxy groups -OCH3 is 1. The van der Waals surface area contributed by atoms with Crippen molar-refractivity contribution in [1.82, 2.24) is 0 Å². The molecule has 2 N–H and O–H groups in total. The number of halogens is 2. The number of ketones is 1. The maximum absolute atomic E-state index is 12.3. The first-order chi connectivity index (χ1) is 9.02. The van der Waals surface area contributed by atoms with Crippen molar-refractivity contribution in [2.45, 2.75) is 0 Å². The zero-order valence-corrected chi connectivity index (χ0v) is 11.6. The third-order valence-electron chi connectivity index (χ3n) is 2.69. The zero-order valence-electron chi connectivity index (χ0n) is 10.1. The van der Waals surface area contributed by atoms with Crippen LogP contribution in [0.15, 0.2) is 36.4 Å². The molecule has 2 aromatic carbocycles. The van der Waals surface area contributed by atoms with Gasteiger partial charge in [0.25, 0.3) is 0 Å². The number of carbonyl (C=O) groups is 1. The second kappa shape index (κ2) is 5.51. The minimum Gasteiger partial charge on any atom is -0.497 e. The molecular weight excluding hydrogens is 285 g/mol. The van der Waals surface area contributed by atoms with Gasteiger partial charge in [-0.05, 0) is 30.3 Å². The summed E-state index contributed by atoms with van der Waals surface area (Å²) in [5.74, 6) is 0.391. The van der Waals surface area contributed by atoms with Gasteiger partial charge in [0.2, 0.25) is 0 Å². The van der Waals surface area contributed by atoms with E-state index in [1.54, 1.807) is 30.3 Å². The maximum atomic E-state index is 12.3. The summed E-state index contributed by atoms with van der Waals surface area (Å²) in [5.41, 5.74) is 7.04. The third kappa shape index (κ3) is 2.83. The Morgan fingerprint density at radius 2 is 1.84 bits per heavy atom. The predicted molar refractivity (Wildman–Crippen MR) is 77.3 cm³/mol. The predicted octanol–water partition coefficient (Wildman–Crippen LogP) is 3.82. The molecule has 0 radical (unpaired) electrons. The van der Waals surface area contributed by atoms with Crippen molar-refractivity contribution >= 4 is 34.7 Å². The van der Waals surface area contributed by atoms with Crippen molar-refractivity contribution in [2.24, 2.45) is 0 Å². The smallest absolute Gasteiger partial charge is 0.195 e. The number of nitrogens with two attached hydrogens (primary N) is 1. The highest BCUT2D eigenvalue weighted by molar-refractivity contribution is 6.42. The molecule has 19 heavy (non-hydrogen) atoms. The van der Waals surface area contributed by atoms with Crippen molar-refractivity contribution in [3.05, 3.63) is 57.6 Å². The van der Waals surface area contributed by atoms with Gasteiger partial charge in [-0.3, -0.25) is 4.79 Å². The number of carbonyl (C=O) groups excluding carboxylic acids is 1. The molecule has 0 unspecified atom stereocenters. The lowest BCUT2D eigenvalue weighted by molar-refractivity contribution is 0.103. The molecule has 2 rings (SSSR count). The van der Waals surface area contributed by atoms with Crippen LogP contribution >= 0.6 is 23.2 Å². The largest absolute Gasteiger partial charge is 0.497 e. The Morgan fingerprint density at radius 3 is 2.42 bits per heavy atom. The van der Waals surface area contributed by atoms with Crippen molar-refractivity contribution in [2.75, 3.05) is 12.8 Å². The topological polar surface area (TPSA) is 52.3 Å². The molecule has 98 valence electrons. The van der Waals surface area contributed by atoms with Gasteiger partial charge < -0.3 is 10.5 Å². The number of benzene rings is 2. The van der Waals surface area contributed by atoms with Gasteiger partial charge in [0.1, 0.15) is 5.75 Å². The molecule has 0 atom stereocenters. The normalized spacial score (nSPS) is 10.3. The number of hydrogen-bond acceptors (Lipinski definition) is 3. The zero-order chi connectivity index (χ0) is 14.0. The van der Waals surface area contributed by atoms with E-state index < -0.39 is 0 Å². The molecule has 0 aliphatic carbocycles. The fourth-order valence-electron chi connectivity index (χ4n) is 1.67. The lowest BCUT2D eigenvalue weighted by Gasteiger charge is -2.08. The molecule has 0 fully saturated rings. The Labute approximate surface area is 120 Å². The first kappa shape index (κ1) is 13.7. The molecule has 0 aromatic heterocycles. The quantitative estimate of drug-likeness (QED) is 0.692. The van der Waals surface area contributed by atoms with Crippen LogP contribution in [0.2, 0.25) is 10.0 Å². The van der Waals surface area contributed by atoms with Crippen molar-refractivity contribution < 1.29 is 9.53 Å². The number of nitrogen functional groups attached to an aromatic ring is 1. The molecule has 0 amide bonds. The van der Waals surface area contributed by atoms with Crippen LogP contribution in [0.3, 0.4) is 0 Å². The summed E-state index contributed by atoms with van der Waals surface area (Å²) in [6.45, 7) is 0. The van der Waals surface area contributed by atoms with Gasteiger partial charge in [-0.25, -0.2) is 0 Å². The van der Waals surface area contributed by atoms with E-state index in [0.717, 1.165) is 0 Å². The van der Waals surface area contributed by atoms with Gasteiger partial charge in [-0.2, -0.15) is 0 Å². The highest BCUT2D eigenvalue weighted by Gasteiger charge is 2.14. The first-order valence-corrected chi connectivity index (χ1v) is 6.22. The molecule has 5 heteroatoms.